The Balaban J connectivity index is 0.975. The molecule has 12 aromatic carbocycles. The highest BCUT2D eigenvalue weighted by atomic mass is 16.3. The first-order chi connectivity index (χ1) is 32.7. The van der Waals surface area contributed by atoms with E-state index in [2.05, 4.69) is 254 Å². The maximum Gasteiger partial charge on any atom is 0.143 e. The fraction of sp³-hybridized carbons (Fsp3) is 0. The third-order valence-corrected chi connectivity index (χ3v) is 13.4. The van der Waals surface area contributed by atoms with Crippen LogP contribution < -0.4 is 4.90 Å². The van der Waals surface area contributed by atoms with Crippen molar-refractivity contribution in [3.63, 3.8) is 0 Å². The van der Waals surface area contributed by atoms with Gasteiger partial charge in [0.25, 0.3) is 0 Å². The van der Waals surface area contributed by atoms with E-state index in [-0.39, 0.29) is 0 Å². The van der Waals surface area contributed by atoms with E-state index >= 15 is 0 Å². The third kappa shape index (κ3) is 6.26. The molecule has 0 aliphatic carbocycles. The van der Waals surface area contributed by atoms with Gasteiger partial charge in [-0.25, -0.2) is 0 Å². The number of anilines is 3. The second-order valence-corrected chi connectivity index (χ2v) is 17.2. The molecule has 0 unspecified atom stereocenters. The molecule has 0 aliphatic rings. The quantitative estimate of drug-likeness (QED) is 0.149. The van der Waals surface area contributed by atoms with E-state index in [1.54, 1.807) is 0 Å². The lowest BCUT2D eigenvalue weighted by atomic mass is 9.84. The van der Waals surface area contributed by atoms with Gasteiger partial charge in [-0.2, -0.15) is 0 Å². The first kappa shape index (κ1) is 37.8. The van der Waals surface area contributed by atoms with E-state index in [1.165, 1.54) is 71.3 Å². The first-order valence-corrected chi connectivity index (χ1v) is 22.7. The summed E-state index contributed by atoms with van der Waals surface area (Å²) in [6.45, 7) is 0. The van der Waals surface area contributed by atoms with Crippen molar-refractivity contribution in [2.75, 3.05) is 4.90 Å². The molecule has 0 saturated heterocycles. The molecule has 0 bridgehead atoms. The van der Waals surface area contributed by atoms with Gasteiger partial charge in [0.1, 0.15) is 11.2 Å². The van der Waals surface area contributed by atoms with E-state index in [9.17, 15) is 0 Å². The Morgan fingerprint density at radius 3 is 1.47 bits per heavy atom. The molecule has 0 aliphatic heterocycles. The van der Waals surface area contributed by atoms with Crippen LogP contribution in [0.25, 0.3) is 110 Å². The number of furan rings is 1. The Morgan fingerprint density at radius 2 is 0.773 bits per heavy atom. The lowest BCUT2D eigenvalue weighted by Crippen LogP contribution is -2.10. The lowest BCUT2D eigenvalue weighted by Gasteiger charge is -2.27. The van der Waals surface area contributed by atoms with Crippen molar-refractivity contribution < 1.29 is 4.42 Å². The molecular formula is C64H41NO. The first-order valence-electron chi connectivity index (χ1n) is 22.7. The Labute approximate surface area is 382 Å². The van der Waals surface area contributed by atoms with Crippen molar-refractivity contribution in [1.82, 2.24) is 0 Å². The van der Waals surface area contributed by atoms with Crippen LogP contribution in [0.15, 0.2) is 253 Å². The van der Waals surface area contributed by atoms with Crippen LogP contribution in [0.5, 0.6) is 0 Å². The molecule has 0 saturated carbocycles. The summed E-state index contributed by atoms with van der Waals surface area (Å²) in [4.78, 5) is 2.38. The largest absolute Gasteiger partial charge is 0.455 e. The maximum atomic E-state index is 6.73. The fourth-order valence-corrected chi connectivity index (χ4v) is 10.3. The van der Waals surface area contributed by atoms with Crippen LogP contribution in [0.4, 0.5) is 17.1 Å². The molecule has 66 heavy (non-hydrogen) atoms. The molecule has 0 radical (unpaired) electrons. The molecule has 1 aromatic heterocycles. The van der Waals surface area contributed by atoms with Gasteiger partial charge in [0.2, 0.25) is 0 Å². The second kappa shape index (κ2) is 15.5. The van der Waals surface area contributed by atoms with Crippen molar-refractivity contribution in [1.29, 1.82) is 0 Å². The number of hydrogen-bond donors (Lipinski definition) is 0. The van der Waals surface area contributed by atoms with Gasteiger partial charge in [-0.15, -0.1) is 0 Å². The molecule has 2 nitrogen and oxygen atoms in total. The number of nitrogens with zero attached hydrogens (tertiary/aromatic N) is 1. The molecule has 2 heteroatoms. The summed E-state index contributed by atoms with van der Waals surface area (Å²) in [5.41, 5.74) is 14.6. The minimum atomic E-state index is 0.862. The molecule has 0 atom stereocenters. The second-order valence-electron chi connectivity index (χ2n) is 17.2. The Morgan fingerprint density at radius 1 is 0.273 bits per heavy atom. The smallest absolute Gasteiger partial charge is 0.143 e. The van der Waals surface area contributed by atoms with Crippen molar-refractivity contribution in [3.8, 4) is 44.5 Å². The van der Waals surface area contributed by atoms with Gasteiger partial charge >= 0.3 is 0 Å². The fourth-order valence-electron chi connectivity index (χ4n) is 10.3. The van der Waals surface area contributed by atoms with Gasteiger partial charge in [-0.3, -0.25) is 0 Å². The normalized spacial score (nSPS) is 11.6. The van der Waals surface area contributed by atoms with Crippen LogP contribution in [0.1, 0.15) is 0 Å². The summed E-state index contributed by atoms with van der Waals surface area (Å²) >= 11 is 0. The zero-order valence-corrected chi connectivity index (χ0v) is 36.0. The molecular weight excluding hydrogens is 799 g/mol. The molecule has 13 rings (SSSR count). The van der Waals surface area contributed by atoms with E-state index in [1.807, 2.05) is 0 Å². The monoisotopic (exact) mass is 839 g/mol. The van der Waals surface area contributed by atoms with Crippen LogP contribution in [-0.2, 0) is 0 Å². The van der Waals surface area contributed by atoms with E-state index in [4.69, 9.17) is 4.42 Å². The highest BCUT2D eigenvalue weighted by Gasteiger charge is 2.22. The van der Waals surface area contributed by atoms with Gasteiger partial charge in [0, 0.05) is 22.1 Å². The summed E-state index contributed by atoms with van der Waals surface area (Å²) in [7, 11) is 0. The molecule has 0 fully saturated rings. The lowest BCUT2D eigenvalue weighted by molar-refractivity contribution is 0.672. The minimum Gasteiger partial charge on any atom is -0.455 e. The van der Waals surface area contributed by atoms with Crippen molar-refractivity contribution in [3.05, 3.63) is 249 Å². The van der Waals surface area contributed by atoms with Crippen LogP contribution in [0.2, 0.25) is 0 Å². The Hall–Kier alpha value is -8.72. The molecule has 0 N–H and O–H groups in total. The number of rotatable bonds is 7. The average molecular weight is 840 g/mol. The van der Waals surface area contributed by atoms with E-state index < -0.39 is 0 Å². The Bertz CT molecular complexity index is 3960. The summed E-state index contributed by atoms with van der Waals surface area (Å²) in [6, 6.07) is 90.2. The third-order valence-electron chi connectivity index (χ3n) is 13.4. The molecule has 308 valence electrons. The van der Waals surface area contributed by atoms with Crippen LogP contribution in [0.3, 0.4) is 0 Å². The van der Waals surface area contributed by atoms with E-state index in [0.29, 0.717) is 0 Å². The van der Waals surface area contributed by atoms with Crippen LogP contribution >= 0.6 is 0 Å². The number of benzene rings is 12. The summed E-state index contributed by atoms with van der Waals surface area (Å²) in [6.07, 6.45) is 0. The molecule has 0 spiro atoms. The molecule has 0 amide bonds. The SMILES string of the molecule is c1ccc(-c2c(-c3ccccc3)c3cc(-c4ccc(N(c5ccc(-c6ccc7ccccc7c6)cc5)c5cccc6oc7c8ccccc8ccc7c56)cc4)ccc3c3ccccc23)cc1. The van der Waals surface area contributed by atoms with Gasteiger partial charge < -0.3 is 9.32 Å². The van der Waals surface area contributed by atoms with Gasteiger partial charge in [-0.1, -0.05) is 194 Å². The Kier molecular flexibility index (Phi) is 8.89. The molecule has 1 heterocycles. The number of hydrogen-bond acceptors (Lipinski definition) is 2. The molecule has 13 aromatic rings. The highest BCUT2D eigenvalue weighted by Crippen LogP contribution is 2.47. The van der Waals surface area contributed by atoms with Gasteiger partial charge in [-0.05, 0) is 137 Å². The standard InChI is InChI=1S/C64H41NO/c1-3-16-46(17-4-1)61-56-23-12-11-22-54(56)55-38-33-50(41-58(55)62(61)47-18-5-2-6-19-47)44-30-36-52(37-31-44)65(51-34-28-43(29-35-51)49-27-26-42-14-7-8-20-48(42)40-49)59-24-13-25-60-63(59)57-39-32-45-15-9-10-21-53(45)64(57)66-60/h1-41H. The zero-order valence-electron chi connectivity index (χ0n) is 36.0. The van der Waals surface area contributed by atoms with Gasteiger partial charge in [0.05, 0.1) is 11.1 Å². The predicted octanol–water partition coefficient (Wildman–Crippen LogP) is 18.3. The topological polar surface area (TPSA) is 16.4 Å². The predicted molar refractivity (Wildman–Crippen MR) is 280 cm³/mol. The van der Waals surface area contributed by atoms with Gasteiger partial charge in [0.15, 0.2) is 0 Å². The highest BCUT2D eigenvalue weighted by molar-refractivity contribution is 6.22. The van der Waals surface area contributed by atoms with Crippen molar-refractivity contribution in [2.45, 2.75) is 0 Å². The van der Waals surface area contributed by atoms with Crippen molar-refractivity contribution >= 4 is 82.1 Å². The average Bonchev–Trinajstić information content (AvgIpc) is 3.79. The van der Waals surface area contributed by atoms with E-state index in [0.717, 1.165) is 55.3 Å². The van der Waals surface area contributed by atoms with Crippen LogP contribution in [0, 0.1) is 0 Å². The van der Waals surface area contributed by atoms with Crippen molar-refractivity contribution in [2.24, 2.45) is 0 Å². The van der Waals surface area contributed by atoms with Crippen LogP contribution in [-0.4, -0.2) is 0 Å². The zero-order chi connectivity index (χ0) is 43.6. The summed E-state index contributed by atoms with van der Waals surface area (Å²) in [5.74, 6) is 0. The number of fused-ring (bicyclic) bond motifs is 9. The minimum absolute atomic E-state index is 0.862. The summed E-state index contributed by atoms with van der Waals surface area (Å²) < 4.78 is 6.73. The summed E-state index contributed by atoms with van der Waals surface area (Å²) in [5, 5.41) is 11.9. The maximum absolute atomic E-state index is 6.73.